The predicted molar refractivity (Wildman–Crippen MR) is 67.0 cm³/mol. The standard InChI is InChI=1S/C13H23NO4/c1-7(2)8(6-18-5)14-11(15)9-10(12(16)17)13(9,3)4/h7-10H,6H2,1-5H3,(H,14,15)(H,16,17)/t8?,9-,10+/m1/s1. The summed E-state index contributed by atoms with van der Waals surface area (Å²) in [7, 11) is 1.59. The molecule has 1 fully saturated rings. The molecule has 1 aliphatic carbocycles. The summed E-state index contributed by atoms with van der Waals surface area (Å²) in [6.07, 6.45) is 0. The quantitative estimate of drug-likeness (QED) is 0.748. The number of aliphatic carboxylic acids is 1. The van der Waals surface area contributed by atoms with E-state index in [1.165, 1.54) is 0 Å². The van der Waals surface area contributed by atoms with Crippen molar-refractivity contribution in [3.05, 3.63) is 0 Å². The third-order valence-electron chi connectivity index (χ3n) is 3.85. The highest BCUT2D eigenvalue weighted by Gasteiger charge is 2.66. The van der Waals surface area contributed by atoms with E-state index in [1.807, 2.05) is 27.7 Å². The van der Waals surface area contributed by atoms with Gasteiger partial charge in [-0.3, -0.25) is 9.59 Å². The molecule has 1 unspecified atom stereocenters. The first-order valence-electron chi connectivity index (χ1n) is 6.25. The van der Waals surface area contributed by atoms with Crippen molar-refractivity contribution in [2.75, 3.05) is 13.7 Å². The maximum absolute atomic E-state index is 12.1. The van der Waals surface area contributed by atoms with Crippen molar-refractivity contribution in [1.82, 2.24) is 5.32 Å². The molecule has 1 rings (SSSR count). The van der Waals surface area contributed by atoms with E-state index in [4.69, 9.17) is 9.84 Å². The average molecular weight is 257 g/mol. The number of rotatable bonds is 6. The van der Waals surface area contributed by atoms with Crippen LogP contribution in [0.25, 0.3) is 0 Å². The molecule has 3 atom stereocenters. The third-order valence-corrected chi connectivity index (χ3v) is 3.85. The van der Waals surface area contributed by atoms with Crippen LogP contribution in [0.1, 0.15) is 27.7 Å². The molecule has 0 aromatic rings. The number of carbonyl (C=O) groups excluding carboxylic acids is 1. The molecule has 0 radical (unpaired) electrons. The highest BCUT2D eigenvalue weighted by atomic mass is 16.5. The highest BCUT2D eigenvalue weighted by Crippen LogP contribution is 2.58. The van der Waals surface area contributed by atoms with Crippen LogP contribution in [0.5, 0.6) is 0 Å². The van der Waals surface area contributed by atoms with E-state index >= 15 is 0 Å². The van der Waals surface area contributed by atoms with E-state index in [2.05, 4.69) is 5.32 Å². The van der Waals surface area contributed by atoms with Crippen molar-refractivity contribution in [3.8, 4) is 0 Å². The first-order valence-corrected chi connectivity index (χ1v) is 6.25. The van der Waals surface area contributed by atoms with Gasteiger partial charge in [0.05, 0.1) is 24.5 Å². The summed E-state index contributed by atoms with van der Waals surface area (Å²) in [4.78, 5) is 23.1. The summed E-state index contributed by atoms with van der Waals surface area (Å²) >= 11 is 0. The summed E-state index contributed by atoms with van der Waals surface area (Å²) in [5.41, 5.74) is -0.454. The van der Waals surface area contributed by atoms with E-state index in [0.29, 0.717) is 6.61 Å². The van der Waals surface area contributed by atoms with Gasteiger partial charge in [-0.15, -0.1) is 0 Å². The third kappa shape index (κ3) is 2.83. The second-order valence-corrected chi connectivity index (χ2v) is 5.93. The molecule has 0 heterocycles. The lowest BCUT2D eigenvalue weighted by Crippen LogP contribution is -2.43. The molecule has 1 aliphatic rings. The lowest BCUT2D eigenvalue weighted by molar-refractivity contribution is -0.140. The number of hydrogen-bond donors (Lipinski definition) is 2. The van der Waals surface area contributed by atoms with Crippen molar-refractivity contribution in [2.45, 2.75) is 33.7 Å². The van der Waals surface area contributed by atoms with Crippen molar-refractivity contribution < 1.29 is 19.4 Å². The van der Waals surface area contributed by atoms with Crippen LogP contribution in [-0.2, 0) is 14.3 Å². The van der Waals surface area contributed by atoms with Crippen molar-refractivity contribution >= 4 is 11.9 Å². The zero-order valence-electron chi connectivity index (χ0n) is 11.7. The topological polar surface area (TPSA) is 75.6 Å². The fraction of sp³-hybridized carbons (Fsp3) is 0.846. The molecule has 0 bridgehead atoms. The Labute approximate surface area is 108 Å². The molecule has 5 nitrogen and oxygen atoms in total. The van der Waals surface area contributed by atoms with Gasteiger partial charge < -0.3 is 15.2 Å². The lowest BCUT2D eigenvalue weighted by Gasteiger charge is -2.21. The number of carboxylic acids is 1. The number of nitrogens with one attached hydrogen (secondary N) is 1. The van der Waals surface area contributed by atoms with Gasteiger partial charge in [0.25, 0.3) is 0 Å². The molecular formula is C13H23NO4. The largest absolute Gasteiger partial charge is 0.481 e. The Morgan fingerprint density at radius 1 is 1.33 bits per heavy atom. The molecular weight excluding hydrogens is 234 g/mol. The molecule has 18 heavy (non-hydrogen) atoms. The zero-order chi connectivity index (χ0) is 14.1. The molecule has 1 amide bonds. The summed E-state index contributed by atoms with van der Waals surface area (Å²) in [6, 6.07) is -0.0756. The predicted octanol–water partition coefficient (Wildman–Crippen LogP) is 1.13. The maximum atomic E-state index is 12.1. The second kappa shape index (κ2) is 5.26. The molecule has 0 aromatic carbocycles. The van der Waals surface area contributed by atoms with Gasteiger partial charge in [-0.25, -0.2) is 0 Å². The van der Waals surface area contributed by atoms with Crippen molar-refractivity contribution in [3.63, 3.8) is 0 Å². The van der Waals surface area contributed by atoms with Gasteiger partial charge in [-0.1, -0.05) is 27.7 Å². The van der Waals surface area contributed by atoms with Crippen LogP contribution >= 0.6 is 0 Å². The van der Waals surface area contributed by atoms with Gasteiger partial charge in [-0.2, -0.15) is 0 Å². The first-order chi connectivity index (χ1) is 8.23. The van der Waals surface area contributed by atoms with Crippen molar-refractivity contribution in [2.24, 2.45) is 23.2 Å². The van der Waals surface area contributed by atoms with Crippen LogP contribution < -0.4 is 5.32 Å². The minimum Gasteiger partial charge on any atom is -0.481 e. The molecule has 5 heteroatoms. The molecule has 104 valence electrons. The van der Waals surface area contributed by atoms with E-state index < -0.39 is 23.2 Å². The smallest absolute Gasteiger partial charge is 0.307 e. The molecule has 0 aliphatic heterocycles. The zero-order valence-corrected chi connectivity index (χ0v) is 11.7. The van der Waals surface area contributed by atoms with Gasteiger partial charge in [-0.05, 0) is 11.3 Å². The molecule has 0 spiro atoms. The number of carbonyl (C=O) groups is 2. The van der Waals surface area contributed by atoms with Gasteiger partial charge in [0, 0.05) is 7.11 Å². The van der Waals surface area contributed by atoms with Gasteiger partial charge in [0.2, 0.25) is 5.91 Å². The first kappa shape index (κ1) is 15.0. The minimum absolute atomic E-state index is 0.0756. The van der Waals surface area contributed by atoms with Crippen LogP contribution in [0.2, 0.25) is 0 Å². The summed E-state index contributed by atoms with van der Waals surface area (Å²) in [6.45, 7) is 8.06. The Morgan fingerprint density at radius 3 is 2.22 bits per heavy atom. The molecule has 2 N–H and O–H groups in total. The minimum atomic E-state index is -0.895. The monoisotopic (exact) mass is 257 g/mol. The molecule has 0 saturated heterocycles. The fourth-order valence-corrected chi connectivity index (χ4v) is 2.44. The van der Waals surface area contributed by atoms with E-state index in [0.717, 1.165) is 0 Å². The fourth-order valence-electron chi connectivity index (χ4n) is 2.44. The summed E-state index contributed by atoms with van der Waals surface area (Å²) in [5, 5.41) is 11.9. The van der Waals surface area contributed by atoms with Crippen LogP contribution in [0.3, 0.4) is 0 Å². The van der Waals surface area contributed by atoms with Crippen LogP contribution in [0.15, 0.2) is 0 Å². The molecule has 0 aromatic heterocycles. The highest BCUT2D eigenvalue weighted by molar-refractivity contribution is 5.91. The van der Waals surface area contributed by atoms with Crippen molar-refractivity contribution in [1.29, 1.82) is 0 Å². The Hall–Kier alpha value is -1.10. The number of hydrogen-bond acceptors (Lipinski definition) is 3. The Balaban J connectivity index is 2.64. The Morgan fingerprint density at radius 2 is 1.89 bits per heavy atom. The van der Waals surface area contributed by atoms with Gasteiger partial charge >= 0.3 is 5.97 Å². The van der Waals surface area contributed by atoms with Gasteiger partial charge in [0.15, 0.2) is 0 Å². The number of carboxylic acid groups (broad SMARTS) is 1. The second-order valence-electron chi connectivity index (χ2n) is 5.93. The van der Waals surface area contributed by atoms with Gasteiger partial charge in [0.1, 0.15) is 0 Å². The van der Waals surface area contributed by atoms with Crippen LogP contribution in [0, 0.1) is 23.2 Å². The summed E-state index contributed by atoms with van der Waals surface area (Å²) < 4.78 is 5.06. The SMILES string of the molecule is COCC(NC(=O)[C@H]1[C@@H](C(=O)O)C1(C)C)C(C)C. The van der Waals surface area contributed by atoms with E-state index in [-0.39, 0.29) is 17.9 Å². The van der Waals surface area contributed by atoms with Crippen LogP contribution in [0.4, 0.5) is 0 Å². The number of ether oxygens (including phenoxy) is 1. The normalized spacial score (nSPS) is 26.8. The Bertz CT molecular complexity index is 338. The Kier molecular flexibility index (Phi) is 4.37. The average Bonchev–Trinajstić information content (AvgIpc) is 2.81. The van der Waals surface area contributed by atoms with Crippen LogP contribution in [-0.4, -0.2) is 36.7 Å². The van der Waals surface area contributed by atoms with E-state index in [9.17, 15) is 9.59 Å². The van der Waals surface area contributed by atoms with E-state index in [1.54, 1.807) is 7.11 Å². The maximum Gasteiger partial charge on any atom is 0.307 e. The number of amides is 1. The lowest BCUT2D eigenvalue weighted by atomic mass is 10.0. The number of methoxy groups -OCH3 is 1. The summed E-state index contributed by atoms with van der Waals surface area (Å²) in [5.74, 6) is -1.84. The molecule has 1 saturated carbocycles.